The summed E-state index contributed by atoms with van der Waals surface area (Å²) in [5, 5.41) is 4.91. The second-order valence-electron chi connectivity index (χ2n) is 5.51. The Balaban J connectivity index is 1.44. The zero-order valence-electron chi connectivity index (χ0n) is 13.3. The molecule has 0 spiro atoms. The van der Waals surface area contributed by atoms with Gasteiger partial charge in [0.05, 0.1) is 18.1 Å². The van der Waals surface area contributed by atoms with E-state index in [0.717, 1.165) is 22.2 Å². The molecule has 1 amide bonds. The van der Waals surface area contributed by atoms with Gasteiger partial charge in [-0.3, -0.25) is 4.79 Å². The Labute approximate surface area is 143 Å². The van der Waals surface area contributed by atoms with Gasteiger partial charge < -0.3 is 9.55 Å². The molecule has 0 saturated heterocycles. The first-order valence-electron chi connectivity index (χ1n) is 7.79. The van der Waals surface area contributed by atoms with Crippen LogP contribution < -0.4 is 5.43 Å². The molecule has 6 heteroatoms. The molecule has 122 valence electrons. The highest BCUT2D eigenvalue weighted by Crippen LogP contribution is 2.17. The van der Waals surface area contributed by atoms with E-state index in [1.165, 1.54) is 0 Å². The average Bonchev–Trinajstić information content (AvgIpc) is 3.32. The van der Waals surface area contributed by atoms with Crippen LogP contribution in [0.4, 0.5) is 0 Å². The monoisotopic (exact) mass is 329 g/mol. The van der Waals surface area contributed by atoms with Crippen molar-refractivity contribution in [2.75, 3.05) is 0 Å². The van der Waals surface area contributed by atoms with Gasteiger partial charge >= 0.3 is 0 Å². The molecule has 2 N–H and O–H groups in total. The number of imidazole rings is 1. The van der Waals surface area contributed by atoms with Crippen molar-refractivity contribution in [3.63, 3.8) is 0 Å². The van der Waals surface area contributed by atoms with Crippen molar-refractivity contribution in [3.8, 4) is 5.69 Å². The van der Waals surface area contributed by atoms with Gasteiger partial charge in [-0.1, -0.05) is 30.3 Å². The van der Waals surface area contributed by atoms with E-state index >= 15 is 0 Å². The molecule has 0 bridgehead atoms. The largest absolute Gasteiger partial charge is 0.360 e. The van der Waals surface area contributed by atoms with Crippen molar-refractivity contribution in [1.29, 1.82) is 0 Å². The molecule has 0 radical (unpaired) electrons. The number of rotatable bonds is 4. The van der Waals surface area contributed by atoms with Crippen LogP contribution >= 0.6 is 0 Å². The van der Waals surface area contributed by atoms with Crippen LogP contribution in [-0.2, 0) is 0 Å². The highest BCUT2D eigenvalue weighted by Gasteiger charge is 2.10. The summed E-state index contributed by atoms with van der Waals surface area (Å²) in [6.07, 6.45) is 8.66. The lowest BCUT2D eigenvalue weighted by Gasteiger charge is -2.02. The number of benzene rings is 2. The van der Waals surface area contributed by atoms with Crippen LogP contribution in [-0.4, -0.2) is 26.7 Å². The van der Waals surface area contributed by atoms with Crippen molar-refractivity contribution in [1.82, 2.24) is 20.0 Å². The lowest BCUT2D eigenvalue weighted by atomic mass is 10.2. The Hall–Kier alpha value is -3.67. The van der Waals surface area contributed by atoms with Gasteiger partial charge in [0.2, 0.25) is 0 Å². The van der Waals surface area contributed by atoms with E-state index in [9.17, 15) is 4.79 Å². The molecular weight excluding hydrogens is 314 g/mol. The Morgan fingerprint density at radius 1 is 1.16 bits per heavy atom. The minimum atomic E-state index is -0.247. The second kappa shape index (κ2) is 6.45. The third-order valence-electron chi connectivity index (χ3n) is 3.91. The van der Waals surface area contributed by atoms with Gasteiger partial charge in [0, 0.05) is 35.2 Å². The van der Waals surface area contributed by atoms with Crippen LogP contribution in [0.2, 0.25) is 0 Å². The Morgan fingerprint density at radius 2 is 2.00 bits per heavy atom. The molecule has 0 aliphatic rings. The predicted octanol–water partition coefficient (Wildman–Crippen LogP) is 3.12. The van der Waals surface area contributed by atoms with E-state index < -0.39 is 0 Å². The fourth-order valence-corrected chi connectivity index (χ4v) is 2.63. The van der Waals surface area contributed by atoms with E-state index in [4.69, 9.17) is 0 Å². The maximum atomic E-state index is 12.3. The third-order valence-corrected chi connectivity index (χ3v) is 3.91. The minimum Gasteiger partial charge on any atom is -0.360 e. The number of nitrogens with one attached hydrogen (secondary N) is 2. The van der Waals surface area contributed by atoms with E-state index in [1.807, 2.05) is 59.3 Å². The number of aromatic amines is 1. The molecule has 0 saturated carbocycles. The fourth-order valence-electron chi connectivity index (χ4n) is 2.63. The standard InChI is InChI=1S/C19H15N5O/c25-19(17-12-21-18-4-2-1-3-16(17)18)23-22-11-14-5-7-15(8-6-14)24-10-9-20-13-24/h1-13,21H,(H,23,25)/b22-11+. The number of hydrogen-bond acceptors (Lipinski definition) is 3. The lowest BCUT2D eigenvalue weighted by Crippen LogP contribution is -2.17. The molecule has 0 atom stereocenters. The lowest BCUT2D eigenvalue weighted by molar-refractivity contribution is 0.0957. The van der Waals surface area contributed by atoms with Gasteiger partial charge in [0.1, 0.15) is 0 Å². The van der Waals surface area contributed by atoms with Gasteiger partial charge in [-0.25, -0.2) is 10.4 Å². The van der Waals surface area contributed by atoms with E-state index in [-0.39, 0.29) is 5.91 Å². The summed E-state index contributed by atoms with van der Waals surface area (Å²) in [6, 6.07) is 15.4. The number of carbonyl (C=O) groups is 1. The van der Waals surface area contributed by atoms with Crippen LogP contribution in [0, 0.1) is 0 Å². The molecule has 0 unspecified atom stereocenters. The number of aromatic nitrogens is 3. The Morgan fingerprint density at radius 3 is 2.80 bits per heavy atom. The van der Waals surface area contributed by atoms with Crippen molar-refractivity contribution < 1.29 is 4.79 Å². The predicted molar refractivity (Wildman–Crippen MR) is 96.9 cm³/mol. The Kier molecular flexibility index (Phi) is 3.84. The van der Waals surface area contributed by atoms with Gasteiger partial charge in [0.25, 0.3) is 5.91 Å². The van der Waals surface area contributed by atoms with Crippen molar-refractivity contribution >= 4 is 23.0 Å². The van der Waals surface area contributed by atoms with Crippen molar-refractivity contribution in [2.45, 2.75) is 0 Å². The normalized spacial score (nSPS) is 11.2. The SMILES string of the molecule is O=C(N/N=C/c1ccc(-n2ccnc2)cc1)c1c[nH]c2ccccc12. The molecule has 2 heterocycles. The molecule has 2 aromatic carbocycles. The molecule has 2 aromatic heterocycles. The van der Waals surface area contributed by atoms with Crippen molar-refractivity contribution in [3.05, 3.63) is 84.6 Å². The quantitative estimate of drug-likeness (QED) is 0.446. The number of hydrazone groups is 1. The van der Waals surface area contributed by atoms with Gasteiger partial charge in [-0.2, -0.15) is 5.10 Å². The van der Waals surface area contributed by atoms with Gasteiger partial charge in [-0.15, -0.1) is 0 Å². The molecule has 0 aliphatic carbocycles. The van der Waals surface area contributed by atoms with Crippen LogP contribution in [0.5, 0.6) is 0 Å². The summed E-state index contributed by atoms with van der Waals surface area (Å²) < 4.78 is 1.92. The summed E-state index contributed by atoms with van der Waals surface area (Å²) in [7, 11) is 0. The second-order valence-corrected chi connectivity index (χ2v) is 5.51. The number of fused-ring (bicyclic) bond motifs is 1. The van der Waals surface area contributed by atoms with E-state index in [0.29, 0.717) is 5.56 Å². The number of nitrogens with zero attached hydrogens (tertiary/aromatic N) is 3. The molecule has 25 heavy (non-hydrogen) atoms. The zero-order chi connectivity index (χ0) is 17.1. The smallest absolute Gasteiger partial charge is 0.273 e. The molecule has 0 fully saturated rings. The minimum absolute atomic E-state index is 0.247. The average molecular weight is 329 g/mol. The summed E-state index contributed by atoms with van der Waals surface area (Å²) >= 11 is 0. The van der Waals surface area contributed by atoms with Gasteiger partial charge in [0.15, 0.2) is 0 Å². The van der Waals surface area contributed by atoms with Crippen LogP contribution in [0.25, 0.3) is 16.6 Å². The third kappa shape index (κ3) is 3.05. The highest BCUT2D eigenvalue weighted by molar-refractivity contribution is 6.06. The zero-order valence-corrected chi connectivity index (χ0v) is 13.3. The topological polar surface area (TPSA) is 75.1 Å². The number of carbonyl (C=O) groups excluding carboxylic acids is 1. The number of hydrogen-bond donors (Lipinski definition) is 2. The first kappa shape index (κ1) is 14.9. The molecule has 4 rings (SSSR count). The first-order valence-corrected chi connectivity index (χ1v) is 7.79. The first-order chi connectivity index (χ1) is 12.3. The van der Waals surface area contributed by atoms with E-state index in [2.05, 4.69) is 20.5 Å². The molecule has 6 nitrogen and oxygen atoms in total. The summed E-state index contributed by atoms with van der Waals surface area (Å²) in [5.74, 6) is -0.247. The fraction of sp³-hybridized carbons (Fsp3) is 0. The number of H-pyrrole nitrogens is 1. The van der Waals surface area contributed by atoms with Gasteiger partial charge in [-0.05, 0) is 23.8 Å². The summed E-state index contributed by atoms with van der Waals surface area (Å²) in [5.41, 5.74) is 5.96. The number of para-hydroxylation sites is 1. The van der Waals surface area contributed by atoms with Crippen molar-refractivity contribution in [2.24, 2.45) is 5.10 Å². The summed E-state index contributed by atoms with van der Waals surface area (Å²) in [4.78, 5) is 19.4. The number of amides is 1. The molecule has 4 aromatic rings. The van der Waals surface area contributed by atoms with E-state index in [1.54, 1.807) is 24.9 Å². The highest BCUT2D eigenvalue weighted by atomic mass is 16.2. The summed E-state index contributed by atoms with van der Waals surface area (Å²) in [6.45, 7) is 0. The van der Waals surface area contributed by atoms with Crippen LogP contribution in [0.3, 0.4) is 0 Å². The van der Waals surface area contributed by atoms with Crippen LogP contribution in [0.1, 0.15) is 15.9 Å². The maximum Gasteiger partial charge on any atom is 0.273 e. The maximum absolute atomic E-state index is 12.3. The molecular formula is C19H15N5O. The molecule has 0 aliphatic heterocycles. The van der Waals surface area contributed by atoms with Crippen LogP contribution in [0.15, 0.2) is 78.6 Å². The Bertz CT molecular complexity index is 1030.